The van der Waals surface area contributed by atoms with Gasteiger partial charge in [0.1, 0.15) is 11.5 Å². The van der Waals surface area contributed by atoms with Crippen LogP contribution in [0.2, 0.25) is 0 Å². The van der Waals surface area contributed by atoms with Gasteiger partial charge >= 0.3 is 7.82 Å². The van der Waals surface area contributed by atoms with Crippen LogP contribution in [0.3, 0.4) is 0 Å². The number of phosphoric acid groups is 1. The van der Waals surface area contributed by atoms with Crippen LogP contribution in [-0.4, -0.2) is 21.7 Å². The van der Waals surface area contributed by atoms with E-state index in [-0.39, 0.29) is 5.41 Å². The molecule has 6 nitrogen and oxygen atoms in total. The Morgan fingerprint density at radius 3 is 2.41 bits per heavy atom. The van der Waals surface area contributed by atoms with Crippen molar-refractivity contribution in [2.45, 2.75) is 58.8 Å². The molecular weight excluding hydrogens is 391 g/mol. The van der Waals surface area contributed by atoms with Gasteiger partial charge in [0.25, 0.3) is 0 Å². The summed E-state index contributed by atoms with van der Waals surface area (Å²) >= 11 is 0. The normalized spacial score (nSPS) is 15.8. The van der Waals surface area contributed by atoms with Crippen molar-refractivity contribution in [2.24, 2.45) is 0 Å². The second kappa shape index (κ2) is 8.11. The summed E-state index contributed by atoms with van der Waals surface area (Å²) in [4.78, 5) is 17.5. The minimum Gasteiger partial charge on any atom is -0.508 e. The summed E-state index contributed by atoms with van der Waals surface area (Å²) in [7, 11) is -4.55. The Morgan fingerprint density at radius 2 is 1.79 bits per heavy atom. The van der Waals surface area contributed by atoms with Gasteiger partial charge in [0.15, 0.2) is 6.79 Å². The van der Waals surface area contributed by atoms with E-state index in [2.05, 4.69) is 18.4 Å². The SMILES string of the molecule is Cc1cc(OCOP(=O)(O)O)cc(C)c1Cc1ccc(O)c2c1CCCC2(C)C. The summed E-state index contributed by atoms with van der Waals surface area (Å²) < 4.78 is 20.5. The molecule has 0 unspecified atom stereocenters. The van der Waals surface area contributed by atoms with Crippen molar-refractivity contribution in [1.82, 2.24) is 0 Å². The zero-order valence-corrected chi connectivity index (χ0v) is 18.3. The first-order valence-electron chi connectivity index (χ1n) is 9.75. The summed E-state index contributed by atoms with van der Waals surface area (Å²) in [5, 5.41) is 10.5. The molecule has 3 N–H and O–H groups in total. The van der Waals surface area contributed by atoms with E-state index in [1.165, 1.54) is 16.7 Å². The summed E-state index contributed by atoms with van der Waals surface area (Å²) in [6, 6.07) is 7.53. The lowest BCUT2D eigenvalue weighted by molar-refractivity contribution is 0.0828. The second-order valence-corrected chi connectivity index (χ2v) is 9.67. The number of ether oxygens (including phenoxy) is 1. The van der Waals surface area contributed by atoms with Gasteiger partial charge in [-0.1, -0.05) is 19.9 Å². The molecule has 2 aromatic carbocycles. The largest absolute Gasteiger partial charge is 0.508 e. The number of benzene rings is 2. The van der Waals surface area contributed by atoms with E-state index in [1.807, 2.05) is 38.1 Å². The van der Waals surface area contributed by atoms with Crippen LogP contribution in [0, 0.1) is 13.8 Å². The van der Waals surface area contributed by atoms with Crippen molar-refractivity contribution >= 4 is 7.82 Å². The molecule has 1 aliphatic carbocycles. The smallest absolute Gasteiger partial charge is 0.472 e. The Balaban J connectivity index is 1.87. The van der Waals surface area contributed by atoms with Crippen molar-refractivity contribution in [3.63, 3.8) is 0 Å². The molecule has 0 aromatic heterocycles. The number of phenols is 1. The van der Waals surface area contributed by atoms with E-state index in [1.54, 1.807) is 0 Å². The highest BCUT2D eigenvalue weighted by Gasteiger charge is 2.31. The molecule has 7 heteroatoms. The van der Waals surface area contributed by atoms with Crippen LogP contribution in [0.5, 0.6) is 11.5 Å². The minimum absolute atomic E-state index is 0.0334. The fourth-order valence-electron chi connectivity index (χ4n) is 4.39. The maximum atomic E-state index is 10.8. The van der Waals surface area contributed by atoms with Gasteiger partial charge < -0.3 is 19.6 Å². The van der Waals surface area contributed by atoms with Crippen molar-refractivity contribution in [1.29, 1.82) is 0 Å². The monoisotopic (exact) mass is 420 g/mol. The number of hydrogen-bond acceptors (Lipinski definition) is 4. The summed E-state index contributed by atoms with van der Waals surface area (Å²) in [5.41, 5.74) is 6.79. The van der Waals surface area contributed by atoms with Crippen LogP contribution < -0.4 is 4.74 Å². The van der Waals surface area contributed by atoms with Crippen molar-refractivity contribution in [3.8, 4) is 11.5 Å². The first kappa shape index (κ1) is 21.8. The van der Waals surface area contributed by atoms with Crippen LogP contribution in [-0.2, 0) is 27.3 Å². The molecule has 0 saturated carbocycles. The number of aromatic hydroxyl groups is 1. The van der Waals surface area contributed by atoms with Gasteiger partial charge in [0.2, 0.25) is 0 Å². The van der Waals surface area contributed by atoms with Crippen molar-refractivity contribution in [2.75, 3.05) is 6.79 Å². The molecule has 3 rings (SSSR count). The fourth-order valence-corrected chi connectivity index (χ4v) is 4.58. The van der Waals surface area contributed by atoms with E-state index in [4.69, 9.17) is 14.5 Å². The molecule has 1 aliphatic rings. The maximum Gasteiger partial charge on any atom is 0.472 e. The van der Waals surface area contributed by atoms with Crippen molar-refractivity contribution in [3.05, 3.63) is 57.6 Å². The standard InChI is InChI=1S/C22H29O6P/c1-14-10-17(27-13-28-29(24,25)26)11-15(2)19(14)12-16-7-8-20(23)21-18(16)6-5-9-22(21,3)4/h7-8,10-11,23H,5-6,9,12-13H2,1-4H3,(H2,24,25,26). The number of fused-ring (bicyclic) bond motifs is 1. The fraction of sp³-hybridized carbons (Fsp3) is 0.455. The Hall–Kier alpha value is -1.85. The van der Waals surface area contributed by atoms with Gasteiger partial charge in [0, 0.05) is 5.56 Å². The number of phosphoric ester groups is 1. The summed E-state index contributed by atoms with van der Waals surface area (Å²) in [6.45, 7) is 7.86. The lowest BCUT2D eigenvalue weighted by Gasteiger charge is -2.34. The zero-order valence-electron chi connectivity index (χ0n) is 17.4. The molecule has 0 amide bonds. The number of rotatable bonds is 6. The highest BCUT2D eigenvalue weighted by atomic mass is 31.2. The predicted octanol–water partition coefficient (Wildman–Crippen LogP) is 4.66. The maximum absolute atomic E-state index is 10.8. The van der Waals surface area contributed by atoms with Crippen LogP contribution in [0.25, 0.3) is 0 Å². The average Bonchev–Trinajstić information content (AvgIpc) is 2.58. The Kier molecular flexibility index (Phi) is 6.11. The number of aryl methyl sites for hydroxylation is 2. The first-order chi connectivity index (χ1) is 13.5. The number of phenolic OH excluding ortho intramolecular Hbond substituents is 1. The lowest BCUT2D eigenvalue weighted by Crippen LogP contribution is -2.25. The van der Waals surface area contributed by atoms with Crippen molar-refractivity contribution < 1.29 is 28.7 Å². The molecule has 0 spiro atoms. The molecular formula is C22H29O6P. The third-order valence-electron chi connectivity index (χ3n) is 5.78. The second-order valence-electron chi connectivity index (χ2n) is 8.43. The molecule has 0 radical (unpaired) electrons. The van der Waals surface area contributed by atoms with Crippen LogP contribution in [0.15, 0.2) is 24.3 Å². The summed E-state index contributed by atoms with van der Waals surface area (Å²) in [5.74, 6) is 0.891. The predicted molar refractivity (Wildman–Crippen MR) is 111 cm³/mol. The van der Waals surface area contributed by atoms with E-state index in [0.717, 1.165) is 42.4 Å². The molecule has 29 heavy (non-hydrogen) atoms. The van der Waals surface area contributed by atoms with E-state index >= 15 is 0 Å². The minimum atomic E-state index is -4.55. The van der Waals surface area contributed by atoms with Gasteiger partial charge in [-0.15, -0.1) is 0 Å². The first-order valence-corrected chi connectivity index (χ1v) is 11.3. The number of hydrogen-bond donors (Lipinski definition) is 3. The van der Waals surface area contributed by atoms with Crippen LogP contribution in [0.4, 0.5) is 0 Å². The van der Waals surface area contributed by atoms with Crippen LogP contribution >= 0.6 is 7.82 Å². The average molecular weight is 420 g/mol. The van der Waals surface area contributed by atoms with Gasteiger partial charge in [-0.2, -0.15) is 0 Å². The topological polar surface area (TPSA) is 96.2 Å². The van der Waals surface area contributed by atoms with Gasteiger partial charge in [-0.3, -0.25) is 0 Å². The molecule has 0 aliphatic heterocycles. The Labute approximate surface area is 171 Å². The highest BCUT2D eigenvalue weighted by Crippen LogP contribution is 2.43. The van der Waals surface area contributed by atoms with Gasteiger partial charge in [-0.25, -0.2) is 9.09 Å². The molecule has 0 fully saturated rings. The molecule has 0 atom stereocenters. The third-order valence-corrected chi connectivity index (χ3v) is 6.22. The van der Waals surface area contributed by atoms with E-state index in [0.29, 0.717) is 11.5 Å². The quantitative estimate of drug-likeness (QED) is 0.465. The highest BCUT2D eigenvalue weighted by molar-refractivity contribution is 7.46. The van der Waals surface area contributed by atoms with E-state index in [9.17, 15) is 9.67 Å². The molecule has 0 heterocycles. The van der Waals surface area contributed by atoms with Gasteiger partial charge in [-0.05, 0) is 91.0 Å². The Morgan fingerprint density at radius 1 is 1.14 bits per heavy atom. The van der Waals surface area contributed by atoms with Gasteiger partial charge in [0.05, 0.1) is 0 Å². The van der Waals surface area contributed by atoms with Crippen LogP contribution in [0.1, 0.15) is 60.1 Å². The Bertz CT molecular complexity index is 937. The third kappa shape index (κ3) is 5.01. The molecule has 158 valence electrons. The van der Waals surface area contributed by atoms with E-state index < -0.39 is 14.6 Å². The lowest BCUT2D eigenvalue weighted by atomic mass is 9.70. The molecule has 2 aromatic rings. The molecule has 0 bridgehead atoms. The molecule has 0 saturated heterocycles. The summed E-state index contributed by atoms with van der Waals surface area (Å²) in [6.07, 6.45) is 3.91. The zero-order chi connectivity index (χ0) is 21.4.